The van der Waals surface area contributed by atoms with Crippen LogP contribution < -0.4 is 10.6 Å². The van der Waals surface area contributed by atoms with Gasteiger partial charge in [0, 0.05) is 25.8 Å². The minimum Gasteiger partial charge on any atom is -0.378 e. The molecule has 144 valence electrons. The zero-order valence-corrected chi connectivity index (χ0v) is 15.5. The monoisotopic (exact) mass is 371 g/mol. The number of ether oxygens (including phenoxy) is 1. The number of carbonyl (C=O) groups excluding carboxylic acids is 1. The number of hydrogen-bond acceptors (Lipinski definition) is 7. The fourth-order valence-electron chi connectivity index (χ4n) is 2.70. The van der Waals surface area contributed by atoms with E-state index in [0.29, 0.717) is 55.4 Å². The van der Waals surface area contributed by atoms with Crippen LogP contribution in [0.5, 0.6) is 0 Å². The van der Waals surface area contributed by atoms with Crippen LogP contribution in [-0.2, 0) is 4.74 Å². The van der Waals surface area contributed by atoms with Crippen LogP contribution in [0.3, 0.4) is 0 Å². The van der Waals surface area contributed by atoms with E-state index in [-0.39, 0.29) is 5.91 Å². The van der Waals surface area contributed by atoms with E-state index < -0.39 is 0 Å². The molecule has 0 radical (unpaired) electrons. The number of aliphatic imine (C=N–C) groups is 2. The van der Waals surface area contributed by atoms with E-state index >= 15 is 0 Å². The van der Waals surface area contributed by atoms with Crippen molar-refractivity contribution in [2.75, 3.05) is 38.2 Å². The van der Waals surface area contributed by atoms with Gasteiger partial charge in [0.15, 0.2) is 0 Å². The summed E-state index contributed by atoms with van der Waals surface area (Å²) >= 11 is 0. The van der Waals surface area contributed by atoms with Crippen LogP contribution in [0.25, 0.3) is 0 Å². The number of anilines is 1. The number of amides is 1. The largest absolute Gasteiger partial charge is 0.378 e. The van der Waals surface area contributed by atoms with E-state index in [1.165, 1.54) is 19.2 Å². The Morgan fingerprint density at radius 3 is 2.93 bits per heavy atom. The van der Waals surface area contributed by atoms with Gasteiger partial charge < -0.3 is 20.3 Å². The molecular formula is C18H25N7O2. The highest BCUT2D eigenvalue weighted by atomic mass is 16.5. The molecule has 1 aliphatic heterocycles. The van der Waals surface area contributed by atoms with Crippen LogP contribution in [0.15, 0.2) is 33.8 Å². The first-order chi connectivity index (χ1) is 13.2. The zero-order valence-electron chi connectivity index (χ0n) is 15.5. The van der Waals surface area contributed by atoms with E-state index in [2.05, 4.69) is 37.3 Å². The average Bonchev–Trinajstić information content (AvgIpc) is 3.52. The van der Waals surface area contributed by atoms with Crippen LogP contribution in [-0.4, -0.2) is 66.7 Å². The zero-order chi connectivity index (χ0) is 19.1. The van der Waals surface area contributed by atoms with Gasteiger partial charge >= 0.3 is 0 Å². The van der Waals surface area contributed by atoms with Crippen molar-refractivity contribution < 1.29 is 9.53 Å². The van der Waals surface area contributed by atoms with E-state index in [4.69, 9.17) is 4.74 Å². The number of morpholine rings is 1. The third-order valence-corrected chi connectivity index (χ3v) is 4.34. The SMILES string of the molecule is C=NC=N/C(=C(\C)NC(=O)c1ccnc(NCC2CC2)n1)N1CCOCC1. The van der Waals surface area contributed by atoms with Gasteiger partial charge in [-0.15, -0.1) is 0 Å². The predicted molar refractivity (Wildman–Crippen MR) is 104 cm³/mol. The lowest BCUT2D eigenvalue weighted by Crippen LogP contribution is -2.37. The third kappa shape index (κ3) is 5.58. The minimum atomic E-state index is -0.308. The number of allylic oxidation sites excluding steroid dienone is 1. The number of carbonyl (C=O) groups is 1. The first-order valence-electron chi connectivity index (χ1n) is 9.07. The smallest absolute Gasteiger partial charge is 0.274 e. The molecule has 3 rings (SSSR count). The van der Waals surface area contributed by atoms with Gasteiger partial charge in [-0.05, 0) is 38.5 Å². The van der Waals surface area contributed by atoms with Gasteiger partial charge in [-0.2, -0.15) is 0 Å². The molecule has 0 spiro atoms. The lowest BCUT2D eigenvalue weighted by atomic mass is 10.3. The fraction of sp³-hybridized carbons (Fsp3) is 0.500. The molecule has 0 unspecified atom stereocenters. The highest BCUT2D eigenvalue weighted by Crippen LogP contribution is 2.28. The molecule has 1 saturated heterocycles. The Hall–Kier alpha value is -2.81. The van der Waals surface area contributed by atoms with Gasteiger partial charge in [-0.25, -0.2) is 15.0 Å². The first-order valence-corrected chi connectivity index (χ1v) is 9.07. The Morgan fingerprint density at radius 2 is 2.22 bits per heavy atom. The van der Waals surface area contributed by atoms with E-state index in [9.17, 15) is 4.79 Å². The normalized spacial score (nSPS) is 18.2. The van der Waals surface area contributed by atoms with Gasteiger partial charge in [-0.1, -0.05) is 0 Å². The van der Waals surface area contributed by atoms with E-state index in [1.54, 1.807) is 19.2 Å². The van der Waals surface area contributed by atoms with Gasteiger partial charge in [0.1, 0.15) is 17.9 Å². The second-order valence-electron chi connectivity index (χ2n) is 6.52. The van der Waals surface area contributed by atoms with Crippen LogP contribution in [0, 0.1) is 5.92 Å². The van der Waals surface area contributed by atoms with E-state index in [0.717, 1.165) is 6.54 Å². The average molecular weight is 371 g/mol. The Labute approximate surface area is 158 Å². The maximum Gasteiger partial charge on any atom is 0.274 e. The highest BCUT2D eigenvalue weighted by molar-refractivity contribution is 5.93. The number of hydrogen-bond donors (Lipinski definition) is 2. The Bertz CT molecular complexity index is 737. The van der Waals surface area contributed by atoms with Crippen molar-refractivity contribution in [1.82, 2.24) is 20.2 Å². The number of nitrogens with zero attached hydrogens (tertiary/aromatic N) is 5. The van der Waals surface area contributed by atoms with Gasteiger partial charge in [-0.3, -0.25) is 9.79 Å². The van der Waals surface area contributed by atoms with Gasteiger partial charge in [0.25, 0.3) is 5.91 Å². The second kappa shape index (κ2) is 9.22. The maximum absolute atomic E-state index is 12.6. The molecule has 1 amide bonds. The summed E-state index contributed by atoms with van der Waals surface area (Å²) in [5.74, 6) is 1.50. The molecule has 27 heavy (non-hydrogen) atoms. The molecule has 1 aromatic rings. The molecule has 2 heterocycles. The maximum atomic E-state index is 12.6. The first kappa shape index (κ1) is 19.0. The van der Waals surface area contributed by atoms with E-state index in [1.807, 2.05) is 4.90 Å². The van der Waals surface area contributed by atoms with Crippen molar-refractivity contribution in [2.24, 2.45) is 15.9 Å². The molecule has 9 nitrogen and oxygen atoms in total. The Balaban J connectivity index is 1.71. The summed E-state index contributed by atoms with van der Waals surface area (Å²) in [6.45, 7) is 8.68. The molecule has 1 aromatic heterocycles. The molecule has 1 aliphatic carbocycles. The summed E-state index contributed by atoms with van der Waals surface area (Å²) in [4.78, 5) is 31.1. The summed E-state index contributed by atoms with van der Waals surface area (Å²) in [5.41, 5.74) is 0.919. The summed E-state index contributed by atoms with van der Waals surface area (Å²) in [7, 11) is 0. The van der Waals surface area contributed by atoms with Crippen molar-refractivity contribution in [2.45, 2.75) is 19.8 Å². The second-order valence-corrected chi connectivity index (χ2v) is 6.52. The van der Waals surface area contributed by atoms with Crippen LogP contribution in [0.4, 0.5) is 5.95 Å². The van der Waals surface area contributed by atoms with Crippen molar-refractivity contribution in [1.29, 1.82) is 0 Å². The quantitative estimate of drug-likeness (QED) is 0.527. The lowest BCUT2D eigenvalue weighted by molar-refractivity contribution is 0.0524. The Morgan fingerprint density at radius 1 is 1.44 bits per heavy atom. The number of aromatic nitrogens is 2. The predicted octanol–water partition coefficient (Wildman–Crippen LogP) is 1.28. The summed E-state index contributed by atoms with van der Waals surface area (Å²) in [5, 5.41) is 6.05. The third-order valence-electron chi connectivity index (χ3n) is 4.34. The van der Waals surface area contributed by atoms with Crippen molar-refractivity contribution in [3.63, 3.8) is 0 Å². The topological polar surface area (TPSA) is 104 Å². The molecule has 2 N–H and O–H groups in total. The van der Waals surface area contributed by atoms with Crippen molar-refractivity contribution >= 4 is 24.9 Å². The highest BCUT2D eigenvalue weighted by Gasteiger charge is 2.21. The molecule has 0 aromatic carbocycles. The van der Waals surface area contributed by atoms with Crippen molar-refractivity contribution in [3.05, 3.63) is 29.5 Å². The summed E-state index contributed by atoms with van der Waals surface area (Å²) < 4.78 is 5.38. The summed E-state index contributed by atoms with van der Waals surface area (Å²) in [6.07, 6.45) is 5.42. The molecule has 2 fully saturated rings. The number of rotatable bonds is 8. The minimum absolute atomic E-state index is 0.301. The molecule has 2 aliphatic rings. The van der Waals surface area contributed by atoms with Gasteiger partial charge in [0.2, 0.25) is 5.95 Å². The van der Waals surface area contributed by atoms with Crippen molar-refractivity contribution in [3.8, 4) is 0 Å². The molecule has 9 heteroatoms. The molecule has 1 saturated carbocycles. The lowest BCUT2D eigenvalue weighted by Gasteiger charge is -2.29. The summed E-state index contributed by atoms with van der Waals surface area (Å²) in [6, 6.07) is 1.59. The number of nitrogens with one attached hydrogen (secondary N) is 2. The fourth-order valence-corrected chi connectivity index (χ4v) is 2.70. The standard InChI is InChI=1S/C18H25N7O2/c1-13(16(22-12-19-2)25-7-9-27-10-8-25)23-17(26)15-5-6-20-18(24-15)21-11-14-3-4-14/h5-6,12,14H,2-4,7-11H2,1H3,(H,23,26)(H,20,21,24)/b16-13-,22-12?. The van der Waals surface area contributed by atoms with Crippen LogP contribution >= 0.6 is 0 Å². The molecule has 0 bridgehead atoms. The van der Waals surface area contributed by atoms with Crippen LogP contribution in [0.2, 0.25) is 0 Å². The molecule has 0 atom stereocenters. The Kier molecular flexibility index (Phi) is 6.48. The molecular weight excluding hydrogens is 346 g/mol. The van der Waals surface area contributed by atoms with Gasteiger partial charge in [0.05, 0.1) is 18.9 Å². The van der Waals surface area contributed by atoms with Crippen LogP contribution in [0.1, 0.15) is 30.3 Å².